The number of benzene rings is 1. The van der Waals surface area contributed by atoms with Crippen LogP contribution in [0.25, 0.3) is 0 Å². The van der Waals surface area contributed by atoms with Gasteiger partial charge in [0.15, 0.2) is 0 Å². The van der Waals surface area contributed by atoms with Crippen LogP contribution in [0.4, 0.5) is 0 Å². The lowest BCUT2D eigenvalue weighted by Gasteiger charge is -2.53. The summed E-state index contributed by atoms with van der Waals surface area (Å²) in [5, 5.41) is 20.6. The Balaban J connectivity index is 1.58. The fourth-order valence-electron chi connectivity index (χ4n) is 6.74. The van der Waals surface area contributed by atoms with Gasteiger partial charge in [-0.3, -0.25) is 0 Å². The fourth-order valence-corrected chi connectivity index (χ4v) is 6.74. The van der Waals surface area contributed by atoms with Crippen molar-refractivity contribution in [3.05, 3.63) is 29.3 Å². The fraction of sp³-hybridized carbons (Fsp3) is 0.739. The summed E-state index contributed by atoms with van der Waals surface area (Å²) in [6.07, 6.45) is 9.42. The Labute approximate surface area is 157 Å². The van der Waals surface area contributed by atoms with Crippen LogP contribution < -0.4 is 4.74 Å². The number of fused-ring (bicyclic) bond motifs is 5. The second-order valence-corrected chi connectivity index (χ2v) is 9.19. The second kappa shape index (κ2) is 6.83. The van der Waals surface area contributed by atoms with E-state index in [4.69, 9.17) is 9.84 Å². The lowest BCUT2D eigenvalue weighted by Crippen LogP contribution is -2.50. The molecule has 5 atom stereocenters. The van der Waals surface area contributed by atoms with E-state index >= 15 is 0 Å². The first-order valence-corrected chi connectivity index (χ1v) is 10.5. The molecule has 4 rings (SSSR count). The topological polar surface area (TPSA) is 49.7 Å². The summed E-state index contributed by atoms with van der Waals surface area (Å²) in [4.78, 5) is 0. The molecule has 0 amide bonds. The van der Waals surface area contributed by atoms with Crippen LogP contribution >= 0.6 is 0 Å². The van der Waals surface area contributed by atoms with Crippen molar-refractivity contribution >= 4 is 0 Å². The van der Waals surface area contributed by atoms with Crippen LogP contribution in [0.2, 0.25) is 0 Å². The van der Waals surface area contributed by atoms with Crippen molar-refractivity contribution in [3.63, 3.8) is 0 Å². The van der Waals surface area contributed by atoms with Crippen molar-refractivity contribution in [1.29, 1.82) is 0 Å². The van der Waals surface area contributed by atoms with Crippen LogP contribution in [-0.2, 0) is 6.42 Å². The molecule has 0 radical (unpaired) electrons. The Hall–Kier alpha value is -1.06. The molecule has 2 saturated carbocycles. The molecule has 0 aliphatic heterocycles. The van der Waals surface area contributed by atoms with Crippen molar-refractivity contribution in [2.75, 3.05) is 13.7 Å². The van der Waals surface area contributed by atoms with E-state index in [1.807, 2.05) is 0 Å². The maximum absolute atomic E-state index is 11.5. The first-order valence-electron chi connectivity index (χ1n) is 10.5. The summed E-state index contributed by atoms with van der Waals surface area (Å²) in [5.74, 6) is 2.97. The number of rotatable bonds is 5. The van der Waals surface area contributed by atoms with Gasteiger partial charge in [-0.15, -0.1) is 0 Å². The van der Waals surface area contributed by atoms with Gasteiger partial charge in [0.25, 0.3) is 0 Å². The van der Waals surface area contributed by atoms with Crippen LogP contribution in [0.1, 0.15) is 75.3 Å². The Bertz CT molecular complexity index is 657. The molecule has 144 valence electrons. The molecule has 2 fully saturated rings. The van der Waals surface area contributed by atoms with Gasteiger partial charge >= 0.3 is 0 Å². The number of ether oxygens (including phenoxy) is 1. The van der Waals surface area contributed by atoms with E-state index in [-0.39, 0.29) is 12.0 Å². The molecule has 0 heterocycles. The number of aryl methyl sites for hydroxylation is 1. The van der Waals surface area contributed by atoms with E-state index in [9.17, 15) is 5.11 Å². The SMILES string of the molecule is COc1ccc2c(c1)CC[C@@H]1[C@@H]2CC[C@@]2(C)[C@H]1CC[C@@]2(O)CCCCO. The summed E-state index contributed by atoms with van der Waals surface area (Å²) in [5.41, 5.74) is 2.54. The molecule has 0 saturated heterocycles. The number of hydrogen-bond acceptors (Lipinski definition) is 3. The lowest BCUT2D eigenvalue weighted by atomic mass is 9.53. The van der Waals surface area contributed by atoms with E-state index < -0.39 is 5.60 Å². The van der Waals surface area contributed by atoms with E-state index in [1.54, 1.807) is 12.7 Å². The number of hydrogen-bond donors (Lipinski definition) is 2. The molecular formula is C23H34O3. The predicted octanol–water partition coefficient (Wildman–Crippen LogP) is 4.45. The maximum atomic E-state index is 11.5. The number of aliphatic hydroxyl groups is 2. The van der Waals surface area contributed by atoms with Crippen LogP contribution in [0.15, 0.2) is 18.2 Å². The zero-order valence-electron chi connectivity index (χ0n) is 16.3. The monoisotopic (exact) mass is 358 g/mol. The molecule has 2 N–H and O–H groups in total. The van der Waals surface area contributed by atoms with Gasteiger partial charge in [0.05, 0.1) is 12.7 Å². The van der Waals surface area contributed by atoms with Crippen LogP contribution in [0, 0.1) is 17.3 Å². The molecule has 1 aromatic rings. The zero-order valence-corrected chi connectivity index (χ0v) is 16.3. The van der Waals surface area contributed by atoms with Gasteiger partial charge in [0, 0.05) is 6.61 Å². The summed E-state index contributed by atoms with van der Waals surface area (Å²) >= 11 is 0. The molecule has 0 aromatic heterocycles. The third-order valence-corrected chi connectivity index (χ3v) is 8.25. The average Bonchev–Trinajstić information content (AvgIpc) is 2.92. The van der Waals surface area contributed by atoms with E-state index in [2.05, 4.69) is 25.1 Å². The van der Waals surface area contributed by atoms with E-state index in [0.717, 1.165) is 44.3 Å². The van der Waals surface area contributed by atoms with Gasteiger partial charge in [0.2, 0.25) is 0 Å². The molecule has 0 unspecified atom stereocenters. The molecule has 3 aliphatic rings. The minimum atomic E-state index is -0.530. The second-order valence-electron chi connectivity index (χ2n) is 9.19. The highest BCUT2D eigenvalue weighted by atomic mass is 16.5. The normalized spacial score (nSPS) is 38.4. The number of aliphatic hydroxyl groups excluding tert-OH is 1. The highest BCUT2D eigenvalue weighted by Gasteiger charge is 2.60. The van der Waals surface area contributed by atoms with E-state index in [1.165, 1.54) is 24.8 Å². The Morgan fingerprint density at radius 1 is 1.15 bits per heavy atom. The summed E-state index contributed by atoms with van der Waals surface area (Å²) in [6, 6.07) is 6.66. The van der Waals surface area contributed by atoms with Crippen LogP contribution in [0.5, 0.6) is 5.75 Å². The number of unbranched alkanes of at least 4 members (excludes halogenated alkanes) is 1. The maximum Gasteiger partial charge on any atom is 0.119 e. The first kappa shape index (κ1) is 18.3. The standard InChI is InChI=1S/C23H34O3/c1-22-12-9-19-18-8-6-17(26-2)15-16(18)5-7-20(19)21(22)10-13-23(22,25)11-3-4-14-24/h6,8,15,19-21,24-25H,3-5,7,9-14H2,1-2H3/t19-,20-,21+,22+,23+/m1/s1. The van der Waals surface area contributed by atoms with Gasteiger partial charge in [0.1, 0.15) is 5.75 Å². The molecule has 1 aromatic carbocycles. The molecule has 3 aliphatic carbocycles. The van der Waals surface area contributed by atoms with Crippen LogP contribution in [0.3, 0.4) is 0 Å². The van der Waals surface area contributed by atoms with Gasteiger partial charge in [-0.05, 0) is 104 Å². The van der Waals surface area contributed by atoms with Gasteiger partial charge in [-0.1, -0.05) is 13.0 Å². The molecule has 0 spiro atoms. The third-order valence-electron chi connectivity index (χ3n) is 8.25. The van der Waals surface area contributed by atoms with Crippen molar-refractivity contribution in [2.24, 2.45) is 17.3 Å². The van der Waals surface area contributed by atoms with E-state index in [0.29, 0.717) is 17.8 Å². The number of methoxy groups -OCH3 is 1. The third kappa shape index (κ3) is 2.70. The average molecular weight is 359 g/mol. The minimum Gasteiger partial charge on any atom is -0.497 e. The highest BCUT2D eigenvalue weighted by molar-refractivity contribution is 5.40. The summed E-state index contributed by atoms with van der Waals surface area (Å²) < 4.78 is 5.42. The predicted molar refractivity (Wildman–Crippen MR) is 103 cm³/mol. The summed E-state index contributed by atoms with van der Waals surface area (Å²) in [7, 11) is 1.75. The Kier molecular flexibility index (Phi) is 4.81. The highest BCUT2D eigenvalue weighted by Crippen LogP contribution is 2.65. The Morgan fingerprint density at radius 3 is 2.77 bits per heavy atom. The van der Waals surface area contributed by atoms with Crippen molar-refractivity contribution in [1.82, 2.24) is 0 Å². The van der Waals surface area contributed by atoms with Crippen molar-refractivity contribution < 1.29 is 14.9 Å². The Morgan fingerprint density at radius 2 is 2.00 bits per heavy atom. The summed E-state index contributed by atoms with van der Waals surface area (Å²) in [6.45, 7) is 2.60. The molecule has 3 nitrogen and oxygen atoms in total. The van der Waals surface area contributed by atoms with Crippen molar-refractivity contribution in [3.8, 4) is 5.75 Å². The lowest BCUT2D eigenvalue weighted by molar-refractivity contribution is -0.108. The van der Waals surface area contributed by atoms with Gasteiger partial charge in [-0.25, -0.2) is 0 Å². The minimum absolute atomic E-state index is 0.0492. The van der Waals surface area contributed by atoms with Crippen LogP contribution in [-0.4, -0.2) is 29.5 Å². The van der Waals surface area contributed by atoms with Gasteiger partial charge in [-0.2, -0.15) is 0 Å². The molecule has 3 heteroatoms. The van der Waals surface area contributed by atoms with Gasteiger partial charge < -0.3 is 14.9 Å². The molecular weight excluding hydrogens is 324 g/mol. The quantitative estimate of drug-likeness (QED) is 0.765. The molecule has 26 heavy (non-hydrogen) atoms. The first-order chi connectivity index (χ1) is 12.5. The van der Waals surface area contributed by atoms with Crippen molar-refractivity contribution in [2.45, 2.75) is 76.2 Å². The zero-order chi connectivity index (χ0) is 18.4. The largest absolute Gasteiger partial charge is 0.497 e. The smallest absolute Gasteiger partial charge is 0.119 e. The molecule has 0 bridgehead atoms.